The predicted octanol–water partition coefficient (Wildman–Crippen LogP) is 0.565. The van der Waals surface area contributed by atoms with Crippen LogP contribution in [0.2, 0.25) is 0 Å². The highest BCUT2D eigenvalue weighted by Crippen LogP contribution is 2.36. The van der Waals surface area contributed by atoms with Gasteiger partial charge in [-0.3, -0.25) is 14.2 Å². The summed E-state index contributed by atoms with van der Waals surface area (Å²) < 4.78 is 1.43. The van der Waals surface area contributed by atoms with Gasteiger partial charge in [0.1, 0.15) is 5.82 Å². The minimum absolute atomic E-state index is 0.0762. The van der Waals surface area contributed by atoms with Gasteiger partial charge in [0.2, 0.25) is 0 Å². The van der Waals surface area contributed by atoms with E-state index in [0.29, 0.717) is 18.9 Å². The number of carbonyl (C=O) groups excluding carboxylic acids is 1. The molecule has 1 saturated carbocycles. The summed E-state index contributed by atoms with van der Waals surface area (Å²) in [4.78, 5) is 35.1. The summed E-state index contributed by atoms with van der Waals surface area (Å²) in [6, 6.07) is 1.05. The molecule has 1 aliphatic carbocycles. The molecule has 1 aromatic heterocycles. The Hall–Kier alpha value is -2.11. The molecule has 0 amide bonds. The second-order valence-corrected chi connectivity index (χ2v) is 4.64. The lowest BCUT2D eigenvalue weighted by atomic mass is 10.0. The zero-order valence-corrected chi connectivity index (χ0v) is 9.60. The average molecular weight is 248 g/mol. The SMILES string of the molecule is O=C(O)c1cc(=O)n2c(c1C(=O)C1CC1)NCC2. The molecule has 1 fully saturated rings. The third-order valence-electron chi connectivity index (χ3n) is 3.36. The molecule has 0 radical (unpaired) electrons. The molecule has 0 spiro atoms. The van der Waals surface area contributed by atoms with Crippen molar-refractivity contribution in [3.05, 3.63) is 27.5 Å². The van der Waals surface area contributed by atoms with Gasteiger partial charge in [0.05, 0.1) is 11.1 Å². The van der Waals surface area contributed by atoms with E-state index in [0.717, 1.165) is 18.9 Å². The summed E-state index contributed by atoms with van der Waals surface area (Å²) in [5, 5.41) is 12.1. The third kappa shape index (κ3) is 1.53. The Bertz CT molecular complexity index is 613. The molecule has 1 aliphatic heterocycles. The number of hydrogen-bond donors (Lipinski definition) is 2. The molecular weight excluding hydrogens is 236 g/mol. The van der Waals surface area contributed by atoms with Crippen molar-refractivity contribution in [2.75, 3.05) is 11.9 Å². The first-order chi connectivity index (χ1) is 8.59. The van der Waals surface area contributed by atoms with Gasteiger partial charge in [0, 0.05) is 25.1 Å². The first-order valence-electron chi connectivity index (χ1n) is 5.89. The van der Waals surface area contributed by atoms with Crippen molar-refractivity contribution in [1.29, 1.82) is 0 Å². The van der Waals surface area contributed by atoms with Gasteiger partial charge in [0.25, 0.3) is 5.56 Å². The van der Waals surface area contributed by atoms with Crippen LogP contribution in [0, 0.1) is 5.92 Å². The molecule has 0 bridgehead atoms. The molecule has 0 aromatic carbocycles. The highest BCUT2D eigenvalue weighted by Gasteiger charge is 2.36. The van der Waals surface area contributed by atoms with E-state index in [9.17, 15) is 14.4 Å². The van der Waals surface area contributed by atoms with E-state index in [1.807, 2.05) is 0 Å². The van der Waals surface area contributed by atoms with Gasteiger partial charge in [-0.05, 0) is 12.8 Å². The highest BCUT2D eigenvalue weighted by atomic mass is 16.4. The second kappa shape index (κ2) is 3.69. The number of fused-ring (bicyclic) bond motifs is 1. The number of carboxylic acid groups (broad SMARTS) is 1. The van der Waals surface area contributed by atoms with E-state index >= 15 is 0 Å². The quantitative estimate of drug-likeness (QED) is 0.763. The molecule has 18 heavy (non-hydrogen) atoms. The zero-order valence-electron chi connectivity index (χ0n) is 9.60. The maximum atomic E-state index is 12.2. The molecule has 0 unspecified atom stereocenters. The number of aromatic carboxylic acids is 1. The van der Waals surface area contributed by atoms with Crippen LogP contribution >= 0.6 is 0 Å². The summed E-state index contributed by atoms with van der Waals surface area (Å²) >= 11 is 0. The lowest BCUT2D eigenvalue weighted by molar-refractivity contribution is 0.0691. The fourth-order valence-electron chi connectivity index (χ4n) is 2.31. The minimum Gasteiger partial charge on any atom is -0.478 e. The van der Waals surface area contributed by atoms with E-state index in [1.54, 1.807) is 0 Å². The van der Waals surface area contributed by atoms with Gasteiger partial charge < -0.3 is 10.4 Å². The van der Waals surface area contributed by atoms with Crippen molar-refractivity contribution >= 4 is 17.6 Å². The Morgan fingerprint density at radius 3 is 2.72 bits per heavy atom. The topological polar surface area (TPSA) is 88.4 Å². The maximum Gasteiger partial charge on any atom is 0.336 e. The predicted molar refractivity (Wildman–Crippen MR) is 63.2 cm³/mol. The summed E-state index contributed by atoms with van der Waals surface area (Å²) in [6.45, 7) is 1.02. The minimum atomic E-state index is -1.23. The summed E-state index contributed by atoms with van der Waals surface area (Å²) in [7, 11) is 0. The van der Waals surface area contributed by atoms with Crippen molar-refractivity contribution in [2.45, 2.75) is 19.4 Å². The van der Waals surface area contributed by atoms with Gasteiger partial charge in [-0.25, -0.2) is 4.79 Å². The number of aromatic nitrogens is 1. The number of pyridine rings is 1. The van der Waals surface area contributed by atoms with E-state index in [4.69, 9.17) is 5.11 Å². The number of carbonyl (C=O) groups is 2. The van der Waals surface area contributed by atoms with Crippen LogP contribution in [0.4, 0.5) is 5.82 Å². The van der Waals surface area contributed by atoms with Crippen molar-refractivity contribution in [1.82, 2.24) is 4.57 Å². The molecule has 3 rings (SSSR count). The second-order valence-electron chi connectivity index (χ2n) is 4.64. The molecule has 0 saturated heterocycles. The van der Waals surface area contributed by atoms with Crippen LogP contribution in [-0.2, 0) is 6.54 Å². The monoisotopic (exact) mass is 248 g/mol. The number of nitrogens with zero attached hydrogens (tertiary/aromatic N) is 1. The van der Waals surface area contributed by atoms with E-state index < -0.39 is 5.97 Å². The number of anilines is 1. The highest BCUT2D eigenvalue weighted by molar-refractivity contribution is 6.11. The van der Waals surface area contributed by atoms with Gasteiger partial charge in [-0.1, -0.05) is 0 Å². The normalized spacial score (nSPS) is 17.1. The van der Waals surface area contributed by atoms with E-state index in [2.05, 4.69) is 5.32 Å². The van der Waals surface area contributed by atoms with Crippen molar-refractivity contribution in [3.8, 4) is 0 Å². The summed E-state index contributed by atoms with van der Waals surface area (Å²) in [5.41, 5.74) is -0.389. The van der Waals surface area contributed by atoms with Gasteiger partial charge in [-0.2, -0.15) is 0 Å². The largest absolute Gasteiger partial charge is 0.478 e. The molecule has 1 aromatic rings. The smallest absolute Gasteiger partial charge is 0.336 e. The van der Waals surface area contributed by atoms with Gasteiger partial charge >= 0.3 is 5.97 Å². The van der Waals surface area contributed by atoms with E-state index in [1.165, 1.54) is 4.57 Å². The Morgan fingerprint density at radius 2 is 2.11 bits per heavy atom. The molecule has 0 atom stereocenters. The fraction of sp³-hybridized carbons (Fsp3) is 0.417. The fourth-order valence-corrected chi connectivity index (χ4v) is 2.31. The number of rotatable bonds is 3. The lowest BCUT2D eigenvalue weighted by Gasteiger charge is -2.11. The maximum absolute atomic E-state index is 12.2. The summed E-state index contributed by atoms with van der Waals surface area (Å²) in [6.07, 6.45) is 1.60. The van der Waals surface area contributed by atoms with Crippen molar-refractivity contribution in [3.63, 3.8) is 0 Å². The Balaban J connectivity index is 2.26. The van der Waals surface area contributed by atoms with Crippen molar-refractivity contribution in [2.24, 2.45) is 5.92 Å². The first-order valence-corrected chi connectivity index (χ1v) is 5.89. The van der Waals surface area contributed by atoms with Gasteiger partial charge in [0.15, 0.2) is 5.78 Å². The zero-order chi connectivity index (χ0) is 12.9. The average Bonchev–Trinajstić information content (AvgIpc) is 3.06. The molecule has 2 N–H and O–H groups in total. The Labute approximate surface area is 102 Å². The third-order valence-corrected chi connectivity index (χ3v) is 3.36. The molecule has 6 heteroatoms. The Morgan fingerprint density at radius 1 is 1.39 bits per heavy atom. The van der Waals surface area contributed by atoms with Crippen LogP contribution in [-0.4, -0.2) is 28.0 Å². The molecular formula is C12H12N2O4. The summed E-state index contributed by atoms with van der Waals surface area (Å²) in [5.74, 6) is -1.09. The van der Waals surface area contributed by atoms with Crippen LogP contribution in [0.15, 0.2) is 10.9 Å². The molecule has 2 heterocycles. The number of nitrogens with one attached hydrogen (secondary N) is 1. The van der Waals surface area contributed by atoms with Crippen LogP contribution < -0.4 is 10.9 Å². The Kier molecular flexibility index (Phi) is 2.26. The molecule has 2 aliphatic rings. The molecule has 94 valence electrons. The standard InChI is InChI=1S/C12H12N2O4/c15-8-5-7(12(17)18)9(10(16)6-1-2-6)11-13-3-4-14(8)11/h5-6,13H,1-4H2,(H,17,18). The van der Waals surface area contributed by atoms with Crippen LogP contribution in [0.5, 0.6) is 0 Å². The molecule has 6 nitrogen and oxygen atoms in total. The van der Waals surface area contributed by atoms with Crippen LogP contribution in [0.3, 0.4) is 0 Å². The lowest BCUT2D eigenvalue weighted by Crippen LogP contribution is -2.24. The number of carboxylic acids is 1. The van der Waals surface area contributed by atoms with Gasteiger partial charge in [-0.15, -0.1) is 0 Å². The van der Waals surface area contributed by atoms with Crippen LogP contribution in [0.1, 0.15) is 33.6 Å². The first kappa shape index (κ1) is 11.0. The number of ketones is 1. The van der Waals surface area contributed by atoms with Crippen molar-refractivity contribution < 1.29 is 14.7 Å². The van der Waals surface area contributed by atoms with Crippen LogP contribution in [0.25, 0.3) is 0 Å². The van der Waals surface area contributed by atoms with E-state index in [-0.39, 0.29) is 28.4 Å². The number of Topliss-reactive ketones (excluding diaryl/α,β-unsaturated/α-hetero) is 1. The number of hydrogen-bond acceptors (Lipinski definition) is 4.